The highest BCUT2D eigenvalue weighted by Crippen LogP contribution is 2.27. The van der Waals surface area contributed by atoms with Crippen LogP contribution in [0.3, 0.4) is 0 Å². The minimum Gasteiger partial charge on any atom is -0.324 e. The van der Waals surface area contributed by atoms with Gasteiger partial charge in [0.1, 0.15) is 11.6 Å². The summed E-state index contributed by atoms with van der Waals surface area (Å²) in [5.74, 6) is -0.348. The highest BCUT2D eigenvalue weighted by atomic mass is 35.5. The number of nitrogens with one attached hydrogen (secondary N) is 1. The van der Waals surface area contributed by atoms with Crippen LogP contribution >= 0.6 is 11.6 Å². The number of rotatable bonds is 5. The van der Waals surface area contributed by atoms with Crippen LogP contribution < -0.4 is 5.32 Å². The molecule has 1 heterocycles. The van der Waals surface area contributed by atoms with Crippen LogP contribution in [0.1, 0.15) is 0 Å². The van der Waals surface area contributed by atoms with Gasteiger partial charge in [0.05, 0.1) is 10.6 Å². The van der Waals surface area contributed by atoms with Crippen molar-refractivity contribution in [2.75, 3.05) is 5.32 Å². The second-order valence-electron chi connectivity index (χ2n) is 5.24. The van der Waals surface area contributed by atoms with Crippen LogP contribution in [-0.2, 0) is 11.3 Å². The molecular formula is C17H13ClN4O3. The molecule has 0 atom stereocenters. The summed E-state index contributed by atoms with van der Waals surface area (Å²) in [6, 6.07) is 15.5. The SMILES string of the molecule is O=C(Cn1ccc(-c2ccccc2)n1)Nc1ccc(Cl)c([N+](=O)[O-])c1. The Morgan fingerprint density at radius 3 is 2.68 bits per heavy atom. The van der Waals surface area contributed by atoms with Crippen LogP contribution in [0.2, 0.25) is 5.02 Å². The lowest BCUT2D eigenvalue weighted by atomic mass is 10.2. The molecule has 3 aromatic rings. The number of aromatic nitrogens is 2. The van der Waals surface area contributed by atoms with Gasteiger partial charge in [-0.2, -0.15) is 5.10 Å². The number of nitro groups is 1. The van der Waals surface area contributed by atoms with E-state index in [2.05, 4.69) is 10.4 Å². The van der Waals surface area contributed by atoms with Crippen molar-refractivity contribution in [3.63, 3.8) is 0 Å². The zero-order valence-electron chi connectivity index (χ0n) is 12.9. The molecule has 1 amide bonds. The zero-order chi connectivity index (χ0) is 17.8. The maximum absolute atomic E-state index is 12.1. The van der Waals surface area contributed by atoms with Crippen molar-refractivity contribution < 1.29 is 9.72 Å². The van der Waals surface area contributed by atoms with E-state index in [9.17, 15) is 14.9 Å². The Bertz CT molecular complexity index is 925. The van der Waals surface area contributed by atoms with Gasteiger partial charge in [0, 0.05) is 23.5 Å². The normalized spacial score (nSPS) is 10.4. The second-order valence-corrected chi connectivity index (χ2v) is 5.64. The number of carbonyl (C=O) groups excluding carboxylic acids is 1. The summed E-state index contributed by atoms with van der Waals surface area (Å²) in [7, 11) is 0. The highest BCUT2D eigenvalue weighted by molar-refractivity contribution is 6.32. The third-order valence-corrected chi connectivity index (χ3v) is 3.76. The summed E-state index contributed by atoms with van der Waals surface area (Å²) < 4.78 is 1.50. The number of hydrogen-bond donors (Lipinski definition) is 1. The van der Waals surface area contributed by atoms with Crippen molar-refractivity contribution >= 4 is 28.9 Å². The van der Waals surface area contributed by atoms with E-state index < -0.39 is 4.92 Å². The topological polar surface area (TPSA) is 90.1 Å². The molecule has 0 spiro atoms. The molecule has 1 aromatic heterocycles. The van der Waals surface area contributed by atoms with Gasteiger partial charge in [0.25, 0.3) is 5.69 Å². The Morgan fingerprint density at radius 2 is 1.96 bits per heavy atom. The molecule has 7 nitrogen and oxygen atoms in total. The van der Waals surface area contributed by atoms with Crippen molar-refractivity contribution in [3.8, 4) is 11.3 Å². The van der Waals surface area contributed by atoms with Gasteiger partial charge in [-0.05, 0) is 18.2 Å². The third-order valence-electron chi connectivity index (χ3n) is 3.44. The predicted octanol–water partition coefficient (Wildman–Crippen LogP) is 3.75. The van der Waals surface area contributed by atoms with Crippen molar-refractivity contribution in [2.45, 2.75) is 6.54 Å². The van der Waals surface area contributed by atoms with E-state index in [1.807, 2.05) is 36.4 Å². The molecule has 0 aliphatic carbocycles. The predicted molar refractivity (Wildman–Crippen MR) is 94.4 cm³/mol. The molecule has 2 aromatic carbocycles. The van der Waals surface area contributed by atoms with E-state index in [-0.39, 0.29) is 23.2 Å². The van der Waals surface area contributed by atoms with Gasteiger partial charge in [0.2, 0.25) is 5.91 Å². The fourth-order valence-electron chi connectivity index (χ4n) is 2.29. The first-order valence-corrected chi connectivity index (χ1v) is 7.73. The van der Waals surface area contributed by atoms with Crippen molar-refractivity contribution in [1.29, 1.82) is 0 Å². The van der Waals surface area contributed by atoms with Crippen molar-refractivity contribution in [1.82, 2.24) is 9.78 Å². The van der Waals surface area contributed by atoms with Crippen LogP contribution in [0.15, 0.2) is 60.8 Å². The number of nitro benzene ring substituents is 1. The van der Waals surface area contributed by atoms with Crippen molar-refractivity contribution in [2.24, 2.45) is 0 Å². The van der Waals surface area contributed by atoms with Gasteiger partial charge in [-0.15, -0.1) is 0 Å². The van der Waals surface area contributed by atoms with E-state index in [0.717, 1.165) is 11.3 Å². The lowest BCUT2D eigenvalue weighted by Crippen LogP contribution is -2.19. The first kappa shape index (κ1) is 16.7. The summed E-state index contributed by atoms with van der Waals surface area (Å²) >= 11 is 5.75. The Labute approximate surface area is 148 Å². The number of carbonyl (C=O) groups is 1. The van der Waals surface area contributed by atoms with Gasteiger partial charge < -0.3 is 5.32 Å². The van der Waals surface area contributed by atoms with Gasteiger partial charge in [-0.1, -0.05) is 41.9 Å². The molecule has 0 unspecified atom stereocenters. The second kappa shape index (κ2) is 7.14. The zero-order valence-corrected chi connectivity index (χ0v) is 13.7. The molecule has 25 heavy (non-hydrogen) atoms. The highest BCUT2D eigenvalue weighted by Gasteiger charge is 2.14. The molecule has 0 aliphatic heterocycles. The minimum absolute atomic E-state index is 0.0107. The Kier molecular flexibility index (Phi) is 4.76. The van der Waals surface area contributed by atoms with Crippen LogP contribution in [0.5, 0.6) is 0 Å². The molecule has 0 saturated carbocycles. The summed E-state index contributed by atoms with van der Waals surface area (Å²) in [5.41, 5.74) is 1.76. The fraction of sp³-hybridized carbons (Fsp3) is 0.0588. The van der Waals surface area contributed by atoms with Gasteiger partial charge in [-0.25, -0.2) is 0 Å². The summed E-state index contributed by atoms with van der Waals surface area (Å²) in [6.45, 7) is -0.0107. The van der Waals surface area contributed by atoms with E-state index in [4.69, 9.17) is 11.6 Å². The lowest BCUT2D eigenvalue weighted by Gasteiger charge is -2.06. The molecule has 0 bridgehead atoms. The third kappa shape index (κ3) is 4.02. The first-order chi connectivity index (χ1) is 12.0. The van der Waals surface area contributed by atoms with Gasteiger partial charge >= 0.3 is 0 Å². The number of benzene rings is 2. The van der Waals surface area contributed by atoms with Gasteiger partial charge in [-0.3, -0.25) is 19.6 Å². The lowest BCUT2D eigenvalue weighted by molar-refractivity contribution is -0.384. The number of halogens is 1. The Morgan fingerprint density at radius 1 is 1.20 bits per heavy atom. The van der Waals surface area contributed by atoms with Crippen LogP contribution in [-0.4, -0.2) is 20.6 Å². The van der Waals surface area contributed by atoms with E-state index >= 15 is 0 Å². The van der Waals surface area contributed by atoms with Gasteiger partial charge in [0.15, 0.2) is 0 Å². The molecule has 8 heteroatoms. The quantitative estimate of drug-likeness (QED) is 0.556. The largest absolute Gasteiger partial charge is 0.324 e. The van der Waals surface area contributed by atoms with Crippen LogP contribution in [0, 0.1) is 10.1 Å². The van der Waals surface area contributed by atoms with E-state index in [0.29, 0.717) is 5.69 Å². The number of nitrogens with zero attached hydrogens (tertiary/aromatic N) is 3. The number of hydrogen-bond acceptors (Lipinski definition) is 4. The first-order valence-electron chi connectivity index (χ1n) is 7.35. The molecule has 0 fully saturated rings. The molecule has 1 N–H and O–H groups in total. The standard InChI is InChI=1S/C17H13ClN4O3/c18-14-7-6-13(10-16(14)22(24)25)19-17(23)11-21-9-8-15(20-21)12-4-2-1-3-5-12/h1-10H,11H2,(H,19,23). The molecule has 0 radical (unpaired) electrons. The Hall–Kier alpha value is -3.19. The molecule has 3 rings (SSSR count). The summed E-state index contributed by atoms with van der Waals surface area (Å²) in [5, 5.41) is 17.8. The van der Waals surface area contributed by atoms with E-state index in [1.54, 1.807) is 6.20 Å². The summed E-state index contributed by atoms with van der Waals surface area (Å²) in [4.78, 5) is 22.4. The average Bonchev–Trinajstić information content (AvgIpc) is 3.05. The monoisotopic (exact) mass is 356 g/mol. The molecular weight excluding hydrogens is 344 g/mol. The maximum atomic E-state index is 12.1. The maximum Gasteiger partial charge on any atom is 0.289 e. The number of amides is 1. The summed E-state index contributed by atoms with van der Waals surface area (Å²) in [6.07, 6.45) is 1.70. The molecule has 126 valence electrons. The van der Waals surface area contributed by atoms with Crippen LogP contribution in [0.4, 0.5) is 11.4 Å². The molecule has 0 saturated heterocycles. The fourth-order valence-corrected chi connectivity index (χ4v) is 2.48. The average molecular weight is 357 g/mol. The van der Waals surface area contributed by atoms with Crippen LogP contribution in [0.25, 0.3) is 11.3 Å². The minimum atomic E-state index is -0.600. The van der Waals surface area contributed by atoms with Crippen molar-refractivity contribution in [3.05, 3.63) is 75.9 Å². The van der Waals surface area contributed by atoms with E-state index in [1.165, 1.54) is 22.9 Å². The number of anilines is 1. The Balaban J connectivity index is 1.68. The smallest absolute Gasteiger partial charge is 0.289 e. The molecule has 0 aliphatic rings.